The minimum Gasteiger partial charge on any atom is -0.345 e. The summed E-state index contributed by atoms with van der Waals surface area (Å²) in [7, 11) is 2.10. The van der Waals surface area contributed by atoms with Gasteiger partial charge in [0.1, 0.15) is 0 Å². The summed E-state index contributed by atoms with van der Waals surface area (Å²) < 4.78 is 15.3. The number of benzene rings is 4. The van der Waals surface area contributed by atoms with Gasteiger partial charge in [-0.05, 0) is 37.4 Å². The number of nitrogens with zero attached hydrogens (tertiary/aromatic N) is 3. The van der Waals surface area contributed by atoms with E-state index in [0.717, 1.165) is 54.1 Å². The molecule has 0 aliphatic carbocycles. The van der Waals surface area contributed by atoms with E-state index in [1.54, 1.807) is 0 Å². The first kappa shape index (κ1) is 30.9. The molecule has 1 fully saturated rings. The third kappa shape index (κ3) is 7.60. The highest BCUT2D eigenvalue weighted by atomic mass is 16.7. The fraction of sp³-hybridized carbons (Fsp3) is 0.308. The maximum absolute atomic E-state index is 6.57. The fourth-order valence-electron chi connectivity index (χ4n) is 6.15. The first-order chi connectivity index (χ1) is 22.0. The molecular formula is C39H44N4O2. The minimum absolute atomic E-state index is 0.00487. The van der Waals surface area contributed by atoms with Crippen LogP contribution < -0.4 is 5.73 Å². The van der Waals surface area contributed by atoms with Gasteiger partial charge in [0.25, 0.3) is 0 Å². The van der Waals surface area contributed by atoms with Crippen LogP contribution in [-0.4, -0.2) is 40.9 Å². The molecule has 0 amide bonds. The van der Waals surface area contributed by atoms with Gasteiger partial charge in [0.05, 0.1) is 30.8 Å². The number of aromatic nitrogens is 2. The summed E-state index contributed by atoms with van der Waals surface area (Å²) in [4.78, 5) is 7.48. The molecule has 1 aromatic heterocycles. The third-order valence-electron chi connectivity index (χ3n) is 8.77. The quantitative estimate of drug-likeness (QED) is 0.148. The van der Waals surface area contributed by atoms with E-state index in [1.165, 1.54) is 11.1 Å². The van der Waals surface area contributed by atoms with Crippen LogP contribution in [0.3, 0.4) is 0 Å². The Labute approximate surface area is 267 Å². The van der Waals surface area contributed by atoms with Crippen molar-refractivity contribution in [2.45, 2.75) is 51.7 Å². The van der Waals surface area contributed by atoms with E-state index in [0.29, 0.717) is 19.8 Å². The molecular weight excluding hydrogens is 556 g/mol. The van der Waals surface area contributed by atoms with Crippen molar-refractivity contribution in [3.8, 4) is 22.5 Å². The number of hydrogen-bond acceptors (Lipinski definition) is 5. The summed E-state index contributed by atoms with van der Waals surface area (Å²) in [6.45, 7) is 4.97. The summed E-state index contributed by atoms with van der Waals surface area (Å²) >= 11 is 0. The summed E-state index contributed by atoms with van der Waals surface area (Å²) in [5.41, 5.74) is 13.1. The molecule has 0 saturated carbocycles. The van der Waals surface area contributed by atoms with Crippen molar-refractivity contribution >= 4 is 0 Å². The van der Waals surface area contributed by atoms with Gasteiger partial charge in [-0.25, -0.2) is 4.98 Å². The molecule has 6 heteroatoms. The monoisotopic (exact) mass is 600 g/mol. The number of ether oxygens (including phenoxy) is 2. The molecule has 6 nitrogen and oxygen atoms in total. The maximum Gasteiger partial charge on any atom is 0.217 e. The Morgan fingerprint density at radius 3 is 1.93 bits per heavy atom. The Bertz CT molecular complexity index is 1620. The highest BCUT2D eigenvalue weighted by Crippen LogP contribution is 2.40. The molecule has 1 unspecified atom stereocenters. The Kier molecular flexibility index (Phi) is 9.87. The zero-order valence-corrected chi connectivity index (χ0v) is 26.4. The molecule has 0 bridgehead atoms. The highest BCUT2D eigenvalue weighted by Gasteiger charge is 2.36. The lowest BCUT2D eigenvalue weighted by molar-refractivity contribution is -0.236. The van der Waals surface area contributed by atoms with Crippen LogP contribution in [-0.2, 0) is 22.6 Å². The van der Waals surface area contributed by atoms with Crippen LogP contribution in [0.2, 0.25) is 0 Å². The van der Waals surface area contributed by atoms with Crippen LogP contribution in [0.15, 0.2) is 121 Å². The summed E-state index contributed by atoms with van der Waals surface area (Å²) in [5, 5.41) is 0. The summed E-state index contributed by atoms with van der Waals surface area (Å²) in [6.07, 6.45) is 2.36. The van der Waals surface area contributed by atoms with Crippen LogP contribution in [0.1, 0.15) is 49.4 Å². The average Bonchev–Trinajstić information content (AvgIpc) is 3.45. The molecule has 232 valence electrons. The molecule has 5 aromatic rings. The lowest BCUT2D eigenvalue weighted by atomic mass is 9.85. The zero-order valence-electron chi connectivity index (χ0n) is 26.4. The smallest absolute Gasteiger partial charge is 0.217 e. The van der Waals surface area contributed by atoms with Crippen LogP contribution >= 0.6 is 0 Å². The molecule has 6 rings (SSSR count). The maximum atomic E-state index is 6.57. The molecule has 2 heterocycles. The van der Waals surface area contributed by atoms with Crippen molar-refractivity contribution in [2.24, 2.45) is 11.1 Å². The molecule has 1 aliphatic heterocycles. The van der Waals surface area contributed by atoms with Gasteiger partial charge in [-0.15, -0.1) is 0 Å². The highest BCUT2D eigenvalue weighted by molar-refractivity contribution is 5.79. The first-order valence-electron chi connectivity index (χ1n) is 16.0. The van der Waals surface area contributed by atoms with Gasteiger partial charge in [0.2, 0.25) is 6.29 Å². The predicted molar refractivity (Wildman–Crippen MR) is 181 cm³/mol. The molecule has 1 aliphatic rings. The topological polar surface area (TPSA) is 65.5 Å². The lowest BCUT2D eigenvalue weighted by Gasteiger charge is -2.37. The summed E-state index contributed by atoms with van der Waals surface area (Å²) in [6, 6.07) is 41.9. The second kappa shape index (κ2) is 14.4. The molecule has 0 radical (unpaired) electrons. The van der Waals surface area contributed by atoms with Crippen LogP contribution in [0.4, 0.5) is 0 Å². The van der Waals surface area contributed by atoms with Gasteiger partial charge >= 0.3 is 0 Å². The van der Waals surface area contributed by atoms with Gasteiger partial charge in [-0.2, -0.15) is 0 Å². The van der Waals surface area contributed by atoms with E-state index in [1.807, 2.05) is 24.3 Å². The van der Waals surface area contributed by atoms with Crippen molar-refractivity contribution in [1.82, 2.24) is 14.5 Å². The normalized spacial score (nSPS) is 19.1. The average molecular weight is 601 g/mol. The van der Waals surface area contributed by atoms with Crippen molar-refractivity contribution in [1.29, 1.82) is 0 Å². The fourth-order valence-corrected chi connectivity index (χ4v) is 6.15. The van der Waals surface area contributed by atoms with Gasteiger partial charge in [-0.3, -0.25) is 4.90 Å². The van der Waals surface area contributed by atoms with Crippen molar-refractivity contribution in [3.05, 3.63) is 138 Å². The van der Waals surface area contributed by atoms with Gasteiger partial charge in [-0.1, -0.05) is 128 Å². The number of hydrogen-bond donors (Lipinski definition) is 1. The number of rotatable bonds is 12. The zero-order chi connectivity index (χ0) is 31.1. The SMILES string of the molecule is CN(Cc1ccccc1)C(N)CCCC1(C)COC(c2nc(-c3ccccc3)c(-c3ccccc3)n2Cc2ccccc2)OC1. The Morgan fingerprint density at radius 2 is 1.33 bits per heavy atom. The van der Waals surface area contributed by atoms with E-state index in [9.17, 15) is 0 Å². The van der Waals surface area contributed by atoms with Crippen molar-refractivity contribution < 1.29 is 9.47 Å². The first-order valence-corrected chi connectivity index (χ1v) is 16.0. The molecule has 45 heavy (non-hydrogen) atoms. The summed E-state index contributed by atoms with van der Waals surface area (Å²) in [5.74, 6) is 0.795. The van der Waals surface area contributed by atoms with E-state index in [2.05, 4.69) is 121 Å². The van der Waals surface area contributed by atoms with Crippen molar-refractivity contribution in [3.63, 3.8) is 0 Å². The van der Waals surface area contributed by atoms with Crippen molar-refractivity contribution in [2.75, 3.05) is 20.3 Å². The molecule has 1 saturated heterocycles. The van der Waals surface area contributed by atoms with Crippen LogP contribution in [0, 0.1) is 5.41 Å². The van der Waals surface area contributed by atoms with E-state index >= 15 is 0 Å². The largest absolute Gasteiger partial charge is 0.345 e. The molecule has 1 atom stereocenters. The van der Waals surface area contributed by atoms with Crippen LogP contribution in [0.25, 0.3) is 22.5 Å². The Balaban J connectivity index is 1.19. The number of nitrogens with two attached hydrogens (primary N) is 1. The molecule has 0 spiro atoms. The van der Waals surface area contributed by atoms with Gasteiger partial charge in [0.15, 0.2) is 5.82 Å². The standard InChI is InChI=1S/C39H44N4O2/c1-39(25-15-24-34(40)42(2)26-30-16-7-3-8-17-30)28-44-38(45-29-39)37-41-35(32-20-11-5-12-21-32)36(33-22-13-6-14-23-33)43(37)27-31-18-9-4-10-19-31/h3-14,16-23,34,38H,15,24-29,40H2,1-2H3. The molecule has 4 aromatic carbocycles. The Hall–Kier alpha value is -4.07. The van der Waals surface area contributed by atoms with E-state index < -0.39 is 6.29 Å². The predicted octanol–water partition coefficient (Wildman–Crippen LogP) is 7.90. The number of imidazole rings is 1. The van der Waals surface area contributed by atoms with E-state index in [4.69, 9.17) is 20.2 Å². The van der Waals surface area contributed by atoms with Gasteiger partial charge in [0, 0.05) is 29.6 Å². The second-order valence-corrected chi connectivity index (χ2v) is 12.6. The minimum atomic E-state index is -0.555. The van der Waals surface area contributed by atoms with E-state index in [-0.39, 0.29) is 11.6 Å². The second-order valence-electron chi connectivity index (χ2n) is 12.6. The third-order valence-corrected chi connectivity index (χ3v) is 8.77. The molecule has 2 N–H and O–H groups in total. The van der Waals surface area contributed by atoms with Crippen LogP contribution in [0.5, 0.6) is 0 Å². The Morgan fingerprint density at radius 1 is 0.800 bits per heavy atom. The van der Waals surface area contributed by atoms with Gasteiger partial charge < -0.3 is 19.8 Å². The lowest BCUT2D eigenvalue weighted by Crippen LogP contribution is -2.40.